The van der Waals surface area contributed by atoms with Crippen molar-refractivity contribution < 1.29 is 38.7 Å². The number of hydrogen-bond donors (Lipinski definition) is 4. The predicted molar refractivity (Wildman–Crippen MR) is 169 cm³/mol. The molecule has 0 bridgehead atoms. The van der Waals surface area contributed by atoms with Crippen LogP contribution >= 0.6 is 35.1 Å². The van der Waals surface area contributed by atoms with Crippen LogP contribution in [0, 0.1) is 0 Å². The van der Waals surface area contributed by atoms with Crippen molar-refractivity contribution in [2.24, 2.45) is 0 Å². The maximum atomic E-state index is 13.9. The Labute approximate surface area is 281 Å². The number of imide groups is 1. The van der Waals surface area contributed by atoms with Crippen LogP contribution in [0.3, 0.4) is 0 Å². The molecule has 3 aliphatic rings. The topological polar surface area (TPSA) is 203 Å². The Kier molecular flexibility index (Phi) is 9.92. The number of ether oxygens (including phenoxy) is 1. The molecule has 3 aliphatic heterocycles. The number of benzene rings is 1. The van der Waals surface area contributed by atoms with Gasteiger partial charge in [-0.15, -0.1) is 28.6 Å². The molecule has 1 aromatic heterocycles. The first-order valence-electron chi connectivity index (χ1n) is 14.2. The molecule has 1 unspecified atom stereocenters. The average molecular weight is 705 g/mol. The third-order valence-corrected chi connectivity index (χ3v) is 10.6. The standard InChI is InChI=1S/C28H32N8O8S3/c1-27(2,3)44-23(40)19-16(13-45-17-12-29-33-47-17)14-46-25-28(32-43,24(41)36(19)25)31-20(37)18(15-8-6-5-7-9-15)30-26(42)35-11-10-34(4)21(38)22(35)39/h5-9,12,18,25,32,43H,10-11,13-14H2,1-4H3,(H,30,42)(H,31,37)/t18?,25-,28-/m0/s1. The maximum absolute atomic E-state index is 13.9. The summed E-state index contributed by atoms with van der Waals surface area (Å²) in [6.45, 7) is 5.10. The van der Waals surface area contributed by atoms with Gasteiger partial charge in [0, 0.05) is 31.6 Å². The van der Waals surface area contributed by atoms with E-state index in [-0.39, 0.29) is 24.5 Å². The Balaban J connectivity index is 1.41. The van der Waals surface area contributed by atoms with Gasteiger partial charge in [-0.3, -0.25) is 29.0 Å². The number of amides is 6. The largest absolute Gasteiger partial charge is 0.455 e. The predicted octanol–water partition coefficient (Wildman–Crippen LogP) is 0.684. The van der Waals surface area contributed by atoms with Crippen molar-refractivity contribution in [3.05, 3.63) is 53.4 Å². The number of piperazine rings is 1. The van der Waals surface area contributed by atoms with Crippen LogP contribution in [0.25, 0.3) is 0 Å². The van der Waals surface area contributed by atoms with E-state index in [9.17, 15) is 34.0 Å². The zero-order valence-corrected chi connectivity index (χ0v) is 28.2. The third kappa shape index (κ3) is 6.84. The van der Waals surface area contributed by atoms with Crippen LogP contribution < -0.4 is 16.1 Å². The number of esters is 1. The molecule has 4 heterocycles. The summed E-state index contributed by atoms with van der Waals surface area (Å²) in [5.41, 5.74) is -0.120. The van der Waals surface area contributed by atoms with Crippen molar-refractivity contribution in [2.45, 2.75) is 47.7 Å². The first-order chi connectivity index (χ1) is 22.3. The average Bonchev–Trinajstić information content (AvgIpc) is 3.56. The van der Waals surface area contributed by atoms with Crippen molar-refractivity contribution in [3.63, 3.8) is 0 Å². The van der Waals surface area contributed by atoms with E-state index in [4.69, 9.17) is 4.74 Å². The second kappa shape index (κ2) is 13.6. The molecule has 2 fully saturated rings. The van der Waals surface area contributed by atoms with Gasteiger partial charge in [0.25, 0.3) is 5.91 Å². The van der Waals surface area contributed by atoms with Gasteiger partial charge in [-0.1, -0.05) is 34.8 Å². The summed E-state index contributed by atoms with van der Waals surface area (Å²) in [5, 5.41) is 18.2. The lowest BCUT2D eigenvalue weighted by Crippen LogP contribution is -2.85. The molecule has 2 saturated heterocycles. The molecule has 4 N–H and O–H groups in total. The smallest absolute Gasteiger partial charge is 0.355 e. The van der Waals surface area contributed by atoms with Gasteiger partial charge in [0.1, 0.15) is 26.9 Å². The molecule has 1 aromatic carbocycles. The molecular weight excluding hydrogens is 673 g/mol. The van der Waals surface area contributed by atoms with Crippen molar-refractivity contribution in [3.8, 4) is 0 Å². The van der Waals surface area contributed by atoms with Crippen LogP contribution in [0.4, 0.5) is 4.79 Å². The van der Waals surface area contributed by atoms with Crippen molar-refractivity contribution in [2.75, 3.05) is 31.6 Å². The van der Waals surface area contributed by atoms with Crippen LogP contribution in [-0.2, 0) is 28.7 Å². The first kappa shape index (κ1) is 34.3. The number of fused-ring (bicyclic) bond motifs is 1. The van der Waals surface area contributed by atoms with Crippen LogP contribution in [0.2, 0.25) is 0 Å². The molecule has 16 nitrogen and oxygen atoms in total. The molecule has 0 saturated carbocycles. The van der Waals surface area contributed by atoms with Crippen LogP contribution in [0.5, 0.6) is 0 Å². The Morgan fingerprint density at radius 1 is 1.15 bits per heavy atom. The SMILES string of the molecule is CN1CCN(C(=O)NC(C(=O)N[C@]2(NO)C(=O)N3C(C(=O)OC(C)(C)C)=C(CSc4cnns4)CS[C@H]32)c2ccccc2)C(=O)C1=O. The normalized spacial score (nSPS) is 22.0. The van der Waals surface area contributed by atoms with Gasteiger partial charge in [0.15, 0.2) is 0 Å². The molecule has 3 atom stereocenters. The zero-order valence-electron chi connectivity index (χ0n) is 25.7. The van der Waals surface area contributed by atoms with Gasteiger partial charge in [0.2, 0.25) is 11.6 Å². The number of aromatic nitrogens is 2. The molecular formula is C28H32N8O8S3. The monoisotopic (exact) mass is 704 g/mol. The fourth-order valence-electron chi connectivity index (χ4n) is 5.01. The van der Waals surface area contributed by atoms with Gasteiger partial charge in [0.05, 0.1) is 6.20 Å². The number of nitrogens with one attached hydrogen (secondary N) is 3. The molecule has 0 spiro atoms. The van der Waals surface area contributed by atoms with E-state index in [1.54, 1.807) is 57.3 Å². The minimum Gasteiger partial charge on any atom is -0.455 e. The number of urea groups is 1. The second-order valence-electron chi connectivity index (χ2n) is 11.7. The van der Waals surface area contributed by atoms with Crippen molar-refractivity contribution >= 4 is 70.7 Å². The summed E-state index contributed by atoms with van der Waals surface area (Å²) in [6, 6.07) is 5.60. The Bertz CT molecular complexity index is 1620. The van der Waals surface area contributed by atoms with E-state index in [1.165, 1.54) is 51.9 Å². The van der Waals surface area contributed by atoms with E-state index < -0.39 is 58.3 Å². The highest BCUT2D eigenvalue weighted by molar-refractivity contribution is 8.01. The summed E-state index contributed by atoms with van der Waals surface area (Å²) in [7, 11) is 1.43. The Morgan fingerprint density at radius 3 is 2.51 bits per heavy atom. The van der Waals surface area contributed by atoms with Gasteiger partial charge >= 0.3 is 23.8 Å². The third-order valence-electron chi connectivity index (χ3n) is 7.31. The molecule has 0 aliphatic carbocycles. The summed E-state index contributed by atoms with van der Waals surface area (Å²) < 4.78 is 10.3. The second-order valence-corrected chi connectivity index (χ2v) is 14.8. The van der Waals surface area contributed by atoms with Gasteiger partial charge in [-0.05, 0) is 43.4 Å². The number of carbonyl (C=O) groups excluding carboxylic acids is 6. The maximum Gasteiger partial charge on any atom is 0.355 e. The molecule has 47 heavy (non-hydrogen) atoms. The minimum absolute atomic E-state index is 0.00457. The first-order valence-corrected chi connectivity index (χ1v) is 17.0. The lowest BCUT2D eigenvalue weighted by Gasteiger charge is -2.56. The van der Waals surface area contributed by atoms with Crippen molar-refractivity contribution in [1.29, 1.82) is 0 Å². The zero-order chi connectivity index (χ0) is 34.1. The molecule has 19 heteroatoms. The van der Waals surface area contributed by atoms with Crippen LogP contribution in [-0.4, -0.2) is 113 Å². The molecule has 250 valence electrons. The number of hydrogen-bond acceptors (Lipinski definition) is 14. The number of likely N-dealkylation sites (N-methyl/N-ethyl adjacent to an activating group) is 1. The highest BCUT2D eigenvalue weighted by Crippen LogP contribution is 2.46. The van der Waals surface area contributed by atoms with Crippen LogP contribution in [0.1, 0.15) is 32.4 Å². The van der Waals surface area contributed by atoms with E-state index >= 15 is 0 Å². The fraction of sp³-hybridized carbons (Fsp3) is 0.429. The van der Waals surface area contributed by atoms with Gasteiger partial charge in [-0.2, -0.15) is 5.48 Å². The molecule has 0 radical (unpaired) electrons. The fourth-order valence-corrected chi connectivity index (χ4v) is 7.98. The molecule has 2 aromatic rings. The number of β-lactam (4-membered cyclic amide) rings is 1. The Hall–Kier alpha value is -4.04. The summed E-state index contributed by atoms with van der Waals surface area (Å²) in [6.07, 6.45) is 1.59. The van der Waals surface area contributed by atoms with E-state index in [0.717, 1.165) is 4.21 Å². The molecule has 6 amide bonds. The van der Waals surface area contributed by atoms with E-state index in [2.05, 4.69) is 20.2 Å². The quantitative estimate of drug-likeness (QED) is 0.0710. The highest BCUT2D eigenvalue weighted by Gasteiger charge is 2.66. The number of rotatable bonds is 9. The number of hydroxylamine groups is 1. The summed E-state index contributed by atoms with van der Waals surface area (Å²) >= 11 is 3.77. The van der Waals surface area contributed by atoms with Gasteiger partial charge in [-0.25, -0.2) is 9.59 Å². The van der Waals surface area contributed by atoms with E-state index in [0.29, 0.717) is 21.8 Å². The lowest BCUT2D eigenvalue weighted by atomic mass is 9.94. The van der Waals surface area contributed by atoms with Crippen molar-refractivity contribution in [1.82, 2.24) is 40.4 Å². The minimum atomic E-state index is -2.09. The number of thioether (sulfide) groups is 2. The van der Waals surface area contributed by atoms with E-state index in [1.807, 2.05) is 5.48 Å². The van der Waals surface area contributed by atoms with Crippen LogP contribution in [0.15, 0.2) is 52.0 Å². The Morgan fingerprint density at radius 2 is 1.87 bits per heavy atom. The lowest BCUT2D eigenvalue weighted by molar-refractivity contribution is -0.174. The van der Waals surface area contributed by atoms with Gasteiger partial charge < -0.3 is 25.5 Å². The molecule has 5 rings (SSSR count). The summed E-state index contributed by atoms with van der Waals surface area (Å²) in [4.78, 5) is 82.3. The highest BCUT2D eigenvalue weighted by atomic mass is 32.2. The number of nitrogens with zero attached hydrogens (tertiary/aromatic N) is 5. The number of carbonyl (C=O) groups is 6. The summed E-state index contributed by atoms with van der Waals surface area (Å²) in [5.74, 6) is -3.85.